The SMILES string of the molecule is CCCS(=O)(=O)N(C)CCN1C[C@H](c2ccc3c(c2)OCO3)[C@H](C(=O)O)[C@H]1c1ccc(OC)cc1. The highest BCUT2D eigenvalue weighted by molar-refractivity contribution is 7.89. The molecule has 2 aromatic rings. The lowest BCUT2D eigenvalue weighted by molar-refractivity contribution is -0.143. The number of carboxylic acids is 1. The number of hydrogen-bond acceptors (Lipinski definition) is 7. The summed E-state index contributed by atoms with van der Waals surface area (Å²) >= 11 is 0. The average Bonchev–Trinajstić information content (AvgIpc) is 3.46. The molecule has 1 fully saturated rings. The maximum atomic E-state index is 12.6. The maximum Gasteiger partial charge on any atom is 0.309 e. The van der Waals surface area contributed by atoms with Crippen LogP contribution in [0.25, 0.3) is 0 Å². The third-order valence-corrected chi connectivity index (χ3v) is 8.86. The lowest BCUT2D eigenvalue weighted by atomic mass is 9.82. The first kappa shape index (κ1) is 25.3. The largest absolute Gasteiger partial charge is 0.497 e. The van der Waals surface area contributed by atoms with E-state index < -0.39 is 28.0 Å². The van der Waals surface area contributed by atoms with E-state index in [1.165, 1.54) is 4.31 Å². The van der Waals surface area contributed by atoms with E-state index in [1.807, 2.05) is 49.4 Å². The molecular formula is C25H32N2O7S. The highest BCUT2D eigenvalue weighted by atomic mass is 32.2. The summed E-state index contributed by atoms with van der Waals surface area (Å²) in [4.78, 5) is 14.7. The number of nitrogens with zero attached hydrogens (tertiary/aromatic N) is 2. The van der Waals surface area contributed by atoms with Crippen molar-refractivity contribution in [2.24, 2.45) is 5.92 Å². The van der Waals surface area contributed by atoms with E-state index in [-0.39, 0.29) is 25.0 Å². The molecule has 10 heteroatoms. The zero-order valence-corrected chi connectivity index (χ0v) is 21.0. The van der Waals surface area contributed by atoms with E-state index in [2.05, 4.69) is 4.90 Å². The minimum absolute atomic E-state index is 0.0863. The van der Waals surface area contributed by atoms with Crippen LogP contribution >= 0.6 is 0 Å². The number of rotatable bonds is 10. The molecular weight excluding hydrogens is 472 g/mol. The van der Waals surface area contributed by atoms with Gasteiger partial charge in [0.15, 0.2) is 11.5 Å². The second kappa shape index (κ2) is 10.4. The molecule has 0 saturated carbocycles. The van der Waals surface area contributed by atoms with Gasteiger partial charge in [0.25, 0.3) is 0 Å². The maximum absolute atomic E-state index is 12.6. The molecule has 2 aliphatic rings. The second-order valence-electron chi connectivity index (χ2n) is 8.93. The van der Waals surface area contributed by atoms with Gasteiger partial charge in [-0.3, -0.25) is 9.69 Å². The highest BCUT2D eigenvalue weighted by Gasteiger charge is 2.47. The Labute approximate surface area is 206 Å². The van der Waals surface area contributed by atoms with E-state index in [9.17, 15) is 18.3 Å². The van der Waals surface area contributed by atoms with Crippen LogP contribution in [0.3, 0.4) is 0 Å². The topological polar surface area (TPSA) is 106 Å². The second-order valence-corrected chi connectivity index (χ2v) is 11.1. The summed E-state index contributed by atoms with van der Waals surface area (Å²) in [5.41, 5.74) is 1.70. The standard InChI is InChI=1S/C25H32N2O7S/c1-4-13-35(30,31)26(2)11-12-27-15-20(18-7-10-21-22(14-18)34-16-33-21)23(25(28)29)24(27)17-5-8-19(32-3)9-6-17/h5-10,14,20,23-24H,4,11-13,15-16H2,1-3H3,(H,28,29)/t20-,23+,24-/m1/s1. The van der Waals surface area contributed by atoms with Gasteiger partial charge in [-0.15, -0.1) is 0 Å². The molecule has 0 aromatic heterocycles. The number of benzene rings is 2. The van der Waals surface area contributed by atoms with Crippen LogP contribution in [0, 0.1) is 5.92 Å². The van der Waals surface area contributed by atoms with E-state index in [0.29, 0.717) is 36.8 Å². The zero-order valence-electron chi connectivity index (χ0n) is 20.2. The molecule has 35 heavy (non-hydrogen) atoms. The van der Waals surface area contributed by atoms with E-state index in [1.54, 1.807) is 14.2 Å². The third-order valence-electron chi connectivity index (χ3n) is 6.80. The number of hydrogen-bond donors (Lipinski definition) is 1. The zero-order chi connectivity index (χ0) is 25.2. The molecule has 0 radical (unpaired) electrons. The Kier molecular flexibility index (Phi) is 7.53. The Hall–Kier alpha value is -2.82. The fourth-order valence-electron chi connectivity index (χ4n) is 4.96. The third kappa shape index (κ3) is 5.24. The number of likely N-dealkylation sites (tertiary alicyclic amines) is 1. The van der Waals surface area contributed by atoms with Crippen LogP contribution < -0.4 is 14.2 Å². The number of methoxy groups -OCH3 is 1. The van der Waals surface area contributed by atoms with Crippen LogP contribution in [0.15, 0.2) is 42.5 Å². The first-order valence-electron chi connectivity index (χ1n) is 11.7. The Morgan fingerprint density at radius 3 is 2.49 bits per heavy atom. The van der Waals surface area contributed by atoms with Crippen molar-refractivity contribution in [2.75, 3.05) is 46.3 Å². The molecule has 0 unspecified atom stereocenters. The van der Waals surface area contributed by atoms with Crippen molar-refractivity contribution in [3.63, 3.8) is 0 Å². The van der Waals surface area contributed by atoms with Gasteiger partial charge < -0.3 is 19.3 Å². The number of fused-ring (bicyclic) bond motifs is 1. The summed E-state index contributed by atoms with van der Waals surface area (Å²) in [5.74, 6) is 0.0726. The van der Waals surface area contributed by atoms with E-state index in [4.69, 9.17) is 14.2 Å². The normalized spacial score (nSPS) is 22.0. The number of aliphatic carboxylic acids is 1. The number of carbonyl (C=O) groups is 1. The van der Waals surface area contributed by atoms with E-state index in [0.717, 1.165) is 11.1 Å². The molecule has 9 nitrogen and oxygen atoms in total. The van der Waals surface area contributed by atoms with E-state index >= 15 is 0 Å². The Morgan fingerprint density at radius 1 is 1.14 bits per heavy atom. The van der Waals surface area contributed by atoms with Crippen LogP contribution in [-0.2, 0) is 14.8 Å². The summed E-state index contributed by atoms with van der Waals surface area (Å²) in [6.45, 7) is 3.12. The molecule has 0 amide bonds. The fraction of sp³-hybridized carbons (Fsp3) is 0.480. The smallest absolute Gasteiger partial charge is 0.309 e. The summed E-state index contributed by atoms with van der Waals surface area (Å²) < 4.78 is 42.6. The van der Waals surface area contributed by atoms with Crippen molar-refractivity contribution in [3.8, 4) is 17.2 Å². The van der Waals surface area contributed by atoms with Crippen molar-refractivity contribution in [2.45, 2.75) is 25.3 Å². The predicted molar refractivity (Wildman–Crippen MR) is 130 cm³/mol. The number of ether oxygens (including phenoxy) is 3. The quantitative estimate of drug-likeness (QED) is 0.527. The van der Waals surface area contributed by atoms with Gasteiger partial charge in [-0.05, 0) is 41.8 Å². The summed E-state index contributed by atoms with van der Waals surface area (Å²) in [6, 6.07) is 12.5. The predicted octanol–water partition coefficient (Wildman–Crippen LogP) is 2.94. The van der Waals surface area contributed by atoms with Gasteiger partial charge in [-0.25, -0.2) is 12.7 Å². The lowest BCUT2D eigenvalue weighted by Crippen LogP contribution is -2.38. The Balaban J connectivity index is 1.67. The van der Waals surface area contributed by atoms with Gasteiger partial charge in [0.1, 0.15) is 5.75 Å². The minimum atomic E-state index is -3.35. The first-order valence-corrected chi connectivity index (χ1v) is 13.3. The summed E-state index contributed by atoms with van der Waals surface area (Å²) in [7, 11) is -0.193. The monoisotopic (exact) mass is 504 g/mol. The van der Waals surface area contributed by atoms with Gasteiger partial charge >= 0.3 is 5.97 Å². The molecule has 2 heterocycles. The number of likely N-dealkylation sites (N-methyl/N-ethyl adjacent to an activating group) is 1. The fourth-order valence-corrected chi connectivity index (χ4v) is 6.15. The van der Waals surface area contributed by atoms with Gasteiger partial charge in [0.2, 0.25) is 16.8 Å². The van der Waals surface area contributed by atoms with Crippen LogP contribution in [0.1, 0.15) is 36.4 Å². The van der Waals surface area contributed by atoms with Gasteiger partial charge in [0, 0.05) is 38.6 Å². The van der Waals surface area contributed by atoms with Crippen LogP contribution in [0.5, 0.6) is 17.2 Å². The van der Waals surface area contributed by atoms with Crippen molar-refractivity contribution in [1.29, 1.82) is 0 Å². The van der Waals surface area contributed by atoms with Crippen LogP contribution in [0.2, 0.25) is 0 Å². The molecule has 3 atom stereocenters. The van der Waals surface area contributed by atoms with Gasteiger partial charge in [-0.2, -0.15) is 0 Å². The Morgan fingerprint density at radius 2 is 1.83 bits per heavy atom. The average molecular weight is 505 g/mol. The molecule has 0 aliphatic carbocycles. The van der Waals surface area contributed by atoms with Crippen molar-refractivity contribution >= 4 is 16.0 Å². The van der Waals surface area contributed by atoms with Crippen molar-refractivity contribution in [3.05, 3.63) is 53.6 Å². The van der Waals surface area contributed by atoms with Crippen molar-refractivity contribution in [1.82, 2.24) is 9.21 Å². The van der Waals surface area contributed by atoms with Crippen molar-refractivity contribution < 1.29 is 32.5 Å². The molecule has 1 N–H and O–H groups in total. The van der Waals surface area contributed by atoms with Gasteiger partial charge in [0.05, 0.1) is 18.8 Å². The molecule has 190 valence electrons. The van der Waals surface area contributed by atoms with Gasteiger partial charge in [-0.1, -0.05) is 25.1 Å². The summed E-state index contributed by atoms with van der Waals surface area (Å²) in [6.07, 6.45) is 0.540. The molecule has 2 aliphatic heterocycles. The summed E-state index contributed by atoms with van der Waals surface area (Å²) in [5, 5.41) is 10.4. The minimum Gasteiger partial charge on any atom is -0.497 e. The Bertz CT molecular complexity index is 1150. The molecule has 0 spiro atoms. The molecule has 4 rings (SSSR count). The van der Waals surface area contributed by atoms with Crippen LogP contribution in [0.4, 0.5) is 0 Å². The highest BCUT2D eigenvalue weighted by Crippen LogP contribution is 2.47. The molecule has 1 saturated heterocycles. The number of carboxylic acid groups (broad SMARTS) is 1. The van der Waals surface area contributed by atoms with Crippen LogP contribution in [-0.4, -0.2) is 75.0 Å². The molecule has 0 bridgehead atoms. The lowest BCUT2D eigenvalue weighted by Gasteiger charge is -2.29. The first-order chi connectivity index (χ1) is 16.7. The number of sulfonamides is 1. The molecule has 2 aromatic carbocycles.